The number of ether oxygens (including phenoxy) is 5. The summed E-state index contributed by atoms with van der Waals surface area (Å²) >= 11 is 0. The van der Waals surface area contributed by atoms with Gasteiger partial charge in [-0.1, -0.05) is 104 Å². The van der Waals surface area contributed by atoms with Crippen LogP contribution >= 0.6 is 0 Å². The minimum Gasteiger partial charge on any atom is -0.462 e. The number of rotatable bonds is 7. The van der Waals surface area contributed by atoms with Crippen molar-refractivity contribution in [1.29, 1.82) is 0 Å². The van der Waals surface area contributed by atoms with Gasteiger partial charge in [0.25, 0.3) is 0 Å². The summed E-state index contributed by atoms with van der Waals surface area (Å²) < 4.78 is 34.4. The van der Waals surface area contributed by atoms with E-state index in [1.54, 1.807) is 99.8 Å². The van der Waals surface area contributed by atoms with Crippen LogP contribution in [0.15, 0.2) is 95.7 Å². The third-order valence-electron chi connectivity index (χ3n) is 15.1. The van der Waals surface area contributed by atoms with Gasteiger partial charge in [0.1, 0.15) is 36.3 Å². The van der Waals surface area contributed by atoms with Gasteiger partial charge in [-0.25, -0.2) is 0 Å². The van der Waals surface area contributed by atoms with Crippen molar-refractivity contribution in [2.45, 2.75) is 208 Å². The third-order valence-corrected chi connectivity index (χ3v) is 15.1. The molecule has 16 N–H and O–H groups in total. The van der Waals surface area contributed by atoms with E-state index >= 15 is 0 Å². The van der Waals surface area contributed by atoms with Crippen LogP contribution in [0, 0.1) is 24.7 Å². The number of aliphatic hydroxyl groups excluding tert-OH is 12. The van der Waals surface area contributed by atoms with Crippen LogP contribution in [0.4, 0.5) is 5.82 Å². The number of aryl methyl sites for hydroxylation is 1. The molecule has 5 rings (SSSR count). The topological polar surface area (TPSA) is 414 Å². The molecule has 3 fully saturated rings. The van der Waals surface area contributed by atoms with E-state index in [9.17, 15) is 81.1 Å². The number of nitrogens with zero attached hydrogens (tertiary/aromatic N) is 1. The van der Waals surface area contributed by atoms with Crippen LogP contribution in [0.1, 0.15) is 84.8 Å². The standard InChI is InChI=1S/C57H87N3O22/c1-31-18-16-14-12-10-8-6-7-9-11-13-15-17-19-39(80-55-52(72)48(50(70)35(5)79-55)58-30-57(76)53(73)51(71)43(67)29-77-57)26-44-47(54(74)59-45-22-32(2)82-60-45)42(66)28-56(75,81-44)27-38(63)24-41(65)40(64)21-20-36(61)23-37(62)25-46(68)78-34(4)33(3)49(31)69/h6-19,22,31,33-44,47-53,55,58,61-67,69-73,75-76H,20-21,23-30H2,1-5H3,(H,59,60,74)/t31-,33-,34-,35+,36+,37+,38-,39-,40+,41+,42-,43+,44?,47?,48-,49+,50+,51-,52-,53-,55?,56+,57+/m0/s1. The average Bonchev–Trinajstić information content (AvgIpc) is 3.82. The molecule has 4 aliphatic rings. The number of aliphatic hydroxyl groups is 14. The Kier molecular flexibility index (Phi) is 26.8. The number of allylic oxidation sites excluding steroid dienone is 12. The van der Waals surface area contributed by atoms with Gasteiger partial charge in [-0.2, -0.15) is 0 Å². The van der Waals surface area contributed by atoms with Crippen molar-refractivity contribution >= 4 is 17.7 Å². The first-order valence-electron chi connectivity index (χ1n) is 27.8. The lowest BCUT2D eigenvalue weighted by Crippen LogP contribution is -2.69. The summed E-state index contributed by atoms with van der Waals surface area (Å²) in [5.74, 6) is -8.43. The van der Waals surface area contributed by atoms with Crippen molar-refractivity contribution in [3.63, 3.8) is 0 Å². The van der Waals surface area contributed by atoms with E-state index in [0.29, 0.717) is 5.76 Å². The Hall–Kier alpha value is -4.43. The Morgan fingerprint density at radius 2 is 1.30 bits per heavy atom. The second-order valence-corrected chi connectivity index (χ2v) is 22.0. The highest BCUT2D eigenvalue weighted by atomic mass is 16.7. The van der Waals surface area contributed by atoms with Gasteiger partial charge in [0.15, 0.2) is 17.9 Å². The lowest BCUT2D eigenvalue weighted by molar-refractivity contribution is -0.323. The van der Waals surface area contributed by atoms with Crippen LogP contribution in [0.5, 0.6) is 0 Å². The molecule has 23 atom stereocenters. The summed E-state index contributed by atoms with van der Waals surface area (Å²) in [4.78, 5) is 26.9. The highest BCUT2D eigenvalue weighted by molar-refractivity contribution is 5.92. The van der Waals surface area contributed by atoms with Gasteiger partial charge in [-0.3, -0.25) is 9.59 Å². The van der Waals surface area contributed by atoms with Crippen molar-refractivity contribution in [2.24, 2.45) is 17.8 Å². The number of carbonyl (C=O) groups is 2. The van der Waals surface area contributed by atoms with E-state index in [-0.39, 0.29) is 31.0 Å². The van der Waals surface area contributed by atoms with E-state index in [4.69, 9.17) is 28.2 Å². The Bertz CT molecular complexity index is 2350. The third kappa shape index (κ3) is 20.4. The normalized spacial score (nSPS) is 41.5. The summed E-state index contributed by atoms with van der Waals surface area (Å²) in [5, 5.41) is 163. The molecule has 82 heavy (non-hydrogen) atoms. The number of fused-ring (bicyclic) bond motifs is 2. The van der Waals surface area contributed by atoms with Crippen LogP contribution in [0.25, 0.3) is 0 Å². The molecule has 3 unspecified atom stereocenters. The molecule has 2 bridgehead atoms. The fourth-order valence-electron chi connectivity index (χ4n) is 10.1. The first kappa shape index (κ1) is 68.4. The van der Waals surface area contributed by atoms with Gasteiger partial charge >= 0.3 is 5.97 Å². The SMILES string of the molecule is Cc1cc(NC(=O)C2C3C[C@@H](OC4O[C@H](C)[C@@H](O)[C@H](NC[C@@]5(O)OC[C@@H](O)[C@H](O)[C@@H]5O)[C@@H]4O)C=CC=CC=CC=CC=CC=CC=C[C@H](C)[C@@H](O)[C@@H](C)[C@H](C)OC(=O)C[C@H](O)C[C@H](O)CC[C@@H](O)[C@H](O)C[C@H](O)C[C@](O)(C[C@@H]2O)O3)no1. The first-order chi connectivity index (χ1) is 38.7. The molecule has 25 nitrogen and oxygen atoms in total. The molecular formula is C57H87N3O22. The lowest BCUT2D eigenvalue weighted by atomic mass is 9.82. The number of aromatic nitrogens is 1. The second-order valence-electron chi connectivity index (χ2n) is 22.0. The van der Waals surface area contributed by atoms with E-state index in [1.807, 2.05) is 6.92 Å². The number of esters is 1. The fraction of sp³-hybridized carbons (Fsp3) is 0.667. The Labute approximate surface area is 476 Å². The van der Waals surface area contributed by atoms with E-state index in [2.05, 4.69) is 15.8 Å². The van der Waals surface area contributed by atoms with Crippen LogP contribution < -0.4 is 10.6 Å². The van der Waals surface area contributed by atoms with E-state index in [1.165, 1.54) is 19.1 Å². The smallest absolute Gasteiger partial charge is 0.308 e. The molecule has 1 aromatic heterocycles. The van der Waals surface area contributed by atoms with Crippen molar-refractivity contribution in [3.05, 3.63) is 96.9 Å². The number of carbonyl (C=O) groups excluding carboxylic acids is 2. The minimum absolute atomic E-state index is 0.0132. The van der Waals surface area contributed by atoms with E-state index < -0.39 is 191 Å². The molecule has 5 heterocycles. The monoisotopic (exact) mass is 1170 g/mol. The maximum Gasteiger partial charge on any atom is 0.308 e. The van der Waals surface area contributed by atoms with Crippen molar-refractivity contribution < 1.29 is 109 Å². The Morgan fingerprint density at radius 3 is 1.93 bits per heavy atom. The Morgan fingerprint density at radius 1 is 0.683 bits per heavy atom. The van der Waals surface area contributed by atoms with Gasteiger partial charge in [-0.05, 0) is 40.0 Å². The number of amides is 1. The maximum absolute atomic E-state index is 14.1. The summed E-state index contributed by atoms with van der Waals surface area (Å²) in [6, 6.07) is 0.0544. The zero-order chi connectivity index (χ0) is 60.5. The molecule has 0 spiro atoms. The first-order valence-corrected chi connectivity index (χ1v) is 27.8. The molecule has 0 radical (unpaired) electrons. The quantitative estimate of drug-likeness (QED) is 0.146. The molecule has 4 aliphatic heterocycles. The predicted molar refractivity (Wildman–Crippen MR) is 292 cm³/mol. The van der Waals surface area contributed by atoms with Gasteiger partial charge in [0.05, 0.1) is 98.7 Å². The van der Waals surface area contributed by atoms with Gasteiger partial charge in [0.2, 0.25) is 11.7 Å². The van der Waals surface area contributed by atoms with Crippen molar-refractivity contribution in [1.82, 2.24) is 10.5 Å². The molecular weight excluding hydrogens is 1080 g/mol. The van der Waals surface area contributed by atoms with Crippen LogP contribution in [0.2, 0.25) is 0 Å². The number of cyclic esters (lactones) is 1. The van der Waals surface area contributed by atoms with Crippen LogP contribution in [-0.4, -0.2) is 223 Å². The van der Waals surface area contributed by atoms with Gasteiger partial charge < -0.3 is 110 Å². The zero-order valence-corrected chi connectivity index (χ0v) is 46.8. The Balaban J connectivity index is 1.43. The summed E-state index contributed by atoms with van der Waals surface area (Å²) in [6.07, 6.45) is -3.94. The van der Waals surface area contributed by atoms with Crippen molar-refractivity contribution in [3.8, 4) is 0 Å². The largest absolute Gasteiger partial charge is 0.462 e. The number of anilines is 1. The molecule has 1 aromatic rings. The molecule has 3 saturated heterocycles. The number of hydrogen-bond acceptors (Lipinski definition) is 24. The molecule has 0 aromatic carbocycles. The van der Waals surface area contributed by atoms with E-state index in [0.717, 1.165) is 0 Å². The summed E-state index contributed by atoms with van der Waals surface area (Å²) in [5.41, 5.74) is 0. The highest BCUT2D eigenvalue weighted by Gasteiger charge is 2.53. The van der Waals surface area contributed by atoms with Crippen LogP contribution in [0.3, 0.4) is 0 Å². The number of hydrogen-bond donors (Lipinski definition) is 16. The van der Waals surface area contributed by atoms with Gasteiger partial charge in [-0.15, -0.1) is 0 Å². The molecule has 0 aliphatic carbocycles. The minimum atomic E-state index is -2.48. The molecule has 25 heteroatoms. The second kappa shape index (κ2) is 32.2. The molecule has 1 amide bonds. The fourth-order valence-corrected chi connectivity index (χ4v) is 10.1. The van der Waals surface area contributed by atoms with Crippen LogP contribution in [-0.2, 0) is 33.3 Å². The lowest BCUT2D eigenvalue weighted by Gasteiger charge is -2.47. The maximum atomic E-state index is 14.1. The highest BCUT2D eigenvalue weighted by Crippen LogP contribution is 2.39. The average molecular weight is 1170 g/mol. The van der Waals surface area contributed by atoms with Gasteiger partial charge in [0, 0.05) is 43.6 Å². The zero-order valence-electron chi connectivity index (χ0n) is 46.8. The number of nitrogens with one attached hydrogen (secondary N) is 2. The van der Waals surface area contributed by atoms with Crippen molar-refractivity contribution in [2.75, 3.05) is 18.5 Å². The molecule has 462 valence electrons. The predicted octanol–water partition coefficient (Wildman–Crippen LogP) is -1.01. The molecule has 0 saturated carbocycles. The summed E-state index contributed by atoms with van der Waals surface area (Å²) in [6.45, 7) is 7.00. The summed E-state index contributed by atoms with van der Waals surface area (Å²) in [7, 11) is 0.